The first-order valence-corrected chi connectivity index (χ1v) is 21.6. The smallest absolute Gasteiger partial charge is 0.390 e. The molecule has 3 fully saturated rings. The van der Waals surface area contributed by atoms with Crippen molar-refractivity contribution in [2.75, 3.05) is 0 Å². The Bertz CT molecular complexity index is 969. The fourth-order valence-corrected chi connectivity index (χ4v) is 18.3. The molecule has 0 bridgehead atoms. The fraction of sp³-hybridized carbons (Fsp3) is 0.545. The summed E-state index contributed by atoms with van der Waals surface area (Å²) >= 11 is 11.9. The summed E-state index contributed by atoms with van der Waals surface area (Å²) < 4.78 is 35.1. The van der Waals surface area contributed by atoms with Crippen LogP contribution in [-0.4, -0.2) is 20.9 Å². The zero-order valence-electron chi connectivity index (χ0n) is 25.4. The Morgan fingerprint density at radius 2 is 0.841 bits per heavy atom. The third kappa shape index (κ3) is 12.9. The van der Waals surface area contributed by atoms with Crippen LogP contribution in [-0.2, 0) is 57.4 Å². The summed E-state index contributed by atoms with van der Waals surface area (Å²) in [6, 6.07) is 20.7. The molecule has 0 saturated heterocycles. The molecule has 0 N–H and O–H groups in total. The van der Waals surface area contributed by atoms with Crippen LogP contribution in [0.15, 0.2) is 60.7 Å². The van der Waals surface area contributed by atoms with E-state index in [0.717, 1.165) is 20.9 Å². The van der Waals surface area contributed by atoms with Crippen molar-refractivity contribution in [3.63, 3.8) is 0 Å². The van der Waals surface area contributed by atoms with Gasteiger partial charge in [-0.05, 0) is 101 Å². The van der Waals surface area contributed by atoms with E-state index in [1.165, 1.54) is 107 Å². The quantitative estimate of drug-likeness (QED) is 0.128. The maximum Gasteiger partial charge on any atom is 1.00 e. The molecule has 3 saturated carbocycles. The van der Waals surface area contributed by atoms with E-state index in [1.807, 2.05) is 36.4 Å². The molecule has 0 radical (unpaired) electrons. The molecule has 0 atom stereocenters. The van der Waals surface area contributed by atoms with Gasteiger partial charge in [0.25, 0.3) is 0 Å². The van der Waals surface area contributed by atoms with Gasteiger partial charge in [-0.1, -0.05) is 55.7 Å². The van der Waals surface area contributed by atoms with E-state index in [0.29, 0.717) is 0 Å². The predicted octanol–water partition coefficient (Wildman–Crippen LogP) is 5.31. The van der Waals surface area contributed by atoms with Crippen molar-refractivity contribution in [1.82, 2.24) is 0 Å². The van der Waals surface area contributed by atoms with E-state index in [-0.39, 0.29) is 44.8 Å². The molecule has 11 heteroatoms. The van der Waals surface area contributed by atoms with Crippen LogP contribution in [0.5, 0.6) is 0 Å². The second kappa shape index (κ2) is 21.3. The van der Waals surface area contributed by atoms with Gasteiger partial charge in [0.05, 0.1) is 17.0 Å². The first-order chi connectivity index (χ1) is 20.0. The number of rotatable bonds is 6. The molecule has 0 aliphatic heterocycles. The molecule has 0 amide bonds. The molecule has 254 valence electrons. The van der Waals surface area contributed by atoms with E-state index < -0.39 is 24.8 Å². The molecule has 4 nitrogen and oxygen atoms in total. The van der Waals surface area contributed by atoms with Crippen molar-refractivity contribution in [3.05, 3.63) is 74.0 Å². The monoisotopic (exact) mass is 1060 g/mol. The third-order valence-corrected chi connectivity index (χ3v) is 19.6. The van der Waals surface area contributed by atoms with E-state index >= 15 is 0 Å². The van der Waals surface area contributed by atoms with Crippen LogP contribution in [0.1, 0.15) is 96.3 Å². The topological polar surface area (TPSA) is 92.2 Å². The molecule has 0 unspecified atom stereocenters. The average molecular weight is 1060 g/mol. The zero-order chi connectivity index (χ0) is 30.6. The van der Waals surface area contributed by atoms with Gasteiger partial charge >= 0.3 is 44.8 Å². The maximum atomic E-state index is 8.49. The Hall–Kier alpha value is 1.22. The van der Waals surface area contributed by atoms with Gasteiger partial charge in [0.15, 0.2) is 0 Å². The molecule has 0 spiro atoms. The van der Waals surface area contributed by atoms with Gasteiger partial charge in [-0.3, -0.25) is 0 Å². The summed E-state index contributed by atoms with van der Waals surface area (Å²) in [6.45, 7) is 8.62. The SMILES string of the molecule is S=C([S-])[P+](C1CCCCC1)(C1CCCCC1)C1CCCCC1.[Au+].[Au+].[CH2-][P+]([CH2-])(c1ccccc1)c1ccccc1.[O-][Cl+3]([O-])([O-])[O-]. The largest absolute Gasteiger partial charge is 1.00 e. The Labute approximate surface area is 312 Å². The van der Waals surface area contributed by atoms with E-state index in [1.54, 1.807) is 0 Å². The van der Waals surface area contributed by atoms with Gasteiger partial charge in [0.1, 0.15) is 0 Å². The first-order valence-electron chi connectivity index (χ1n) is 15.4. The van der Waals surface area contributed by atoms with Crippen molar-refractivity contribution in [2.24, 2.45) is 0 Å². The summed E-state index contributed by atoms with van der Waals surface area (Å²) in [4.78, 5) is 0. The van der Waals surface area contributed by atoms with Gasteiger partial charge < -0.3 is 24.8 Å². The predicted molar refractivity (Wildman–Crippen MR) is 177 cm³/mol. The molecule has 2 aromatic rings. The Kier molecular flexibility index (Phi) is 21.0. The Morgan fingerprint density at radius 1 is 0.591 bits per heavy atom. The van der Waals surface area contributed by atoms with Gasteiger partial charge in [0, 0.05) is 21.8 Å². The number of hydrogen-bond donors (Lipinski definition) is 0. The molecular weight excluding hydrogens is 1020 g/mol. The van der Waals surface area contributed by atoms with Gasteiger partial charge in [-0.2, -0.15) is 20.6 Å². The van der Waals surface area contributed by atoms with Crippen LogP contribution in [0.3, 0.4) is 0 Å². The summed E-state index contributed by atoms with van der Waals surface area (Å²) in [5.74, 6) is 0. The van der Waals surface area contributed by atoms with Crippen molar-refractivity contribution < 1.29 is 73.6 Å². The summed E-state index contributed by atoms with van der Waals surface area (Å²) in [7, 11) is -7.84. The fourth-order valence-electron chi connectivity index (χ4n) is 7.44. The van der Waals surface area contributed by atoms with Crippen LogP contribution < -0.4 is 29.2 Å². The summed E-state index contributed by atoms with van der Waals surface area (Å²) in [5.41, 5.74) is 2.78. The Balaban J connectivity index is 0.000000384. The van der Waals surface area contributed by atoms with Crippen LogP contribution >= 0.6 is 26.7 Å². The minimum atomic E-state index is -4.94. The molecule has 2 aromatic carbocycles. The van der Waals surface area contributed by atoms with Gasteiger partial charge in [-0.25, -0.2) is 18.6 Å². The van der Waals surface area contributed by atoms with Gasteiger partial charge in [0.2, 0.25) is 0 Å². The van der Waals surface area contributed by atoms with Gasteiger partial charge in [-0.15, -0.1) is 10.2 Å². The zero-order valence-corrected chi connectivity index (χ0v) is 33.9. The van der Waals surface area contributed by atoms with Crippen LogP contribution in [0.4, 0.5) is 0 Å². The number of hydrogen-bond acceptors (Lipinski definition) is 6. The molecule has 0 heterocycles. The van der Waals surface area contributed by atoms with E-state index in [2.05, 4.69) is 37.6 Å². The summed E-state index contributed by atoms with van der Waals surface area (Å²) in [6.07, 6.45) is 21.8. The van der Waals surface area contributed by atoms with Crippen molar-refractivity contribution >= 4 is 53.9 Å². The molecule has 44 heavy (non-hydrogen) atoms. The minimum Gasteiger partial charge on any atom is -0.390 e. The third-order valence-electron chi connectivity index (χ3n) is 9.35. The normalized spacial score (nSPS) is 18.7. The maximum absolute atomic E-state index is 8.49. The van der Waals surface area contributed by atoms with Crippen molar-refractivity contribution in [3.8, 4) is 0 Å². The molecule has 5 rings (SSSR count). The number of benzene rings is 2. The Morgan fingerprint density at radius 3 is 1.07 bits per heavy atom. The van der Waals surface area contributed by atoms with Crippen LogP contribution in [0.2, 0.25) is 0 Å². The molecule has 0 aromatic heterocycles. The minimum absolute atomic E-state index is 0. The van der Waals surface area contributed by atoms with E-state index in [4.69, 9.17) is 43.5 Å². The number of halogens is 1. The summed E-state index contributed by atoms with van der Waals surface area (Å²) in [5, 5.41) is 2.49. The second-order valence-corrected chi connectivity index (χ2v) is 21.7. The van der Waals surface area contributed by atoms with Crippen LogP contribution in [0.25, 0.3) is 0 Å². The second-order valence-electron chi connectivity index (χ2n) is 12.0. The standard InChI is InChI=1S/C19H33PS2.C14H14P.2Au.ClHO4/c21-19(22)20(16-10-4-1-5-11-16,17-12-6-2-7-13-17)18-14-8-3-9-15-18;1-15(2,13-9-5-3-6-10-13)14-11-7-4-8-12-14;;;2-1(3,4)5/h16-18H,1-15H2;3-12H,1-2H2;;;(H,2,3,4,5)/q;-1;2*+1;/p-1. The first kappa shape index (κ1) is 43.2. The molecule has 3 aliphatic rings. The van der Waals surface area contributed by atoms with Crippen LogP contribution in [0, 0.1) is 23.6 Å². The van der Waals surface area contributed by atoms with E-state index in [9.17, 15) is 0 Å². The number of thiocarbonyl (C=S) groups is 1. The average Bonchev–Trinajstić information content (AvgIpc) is 2.99. The molecular formula is C33H47Au2ClO4P2S2. The van der Waals surface area contributed by atoms with Crippen molar-refractivity contribution in [2.45, 2.75) is 113 Å². The van der Waals surface area contributed by atoms with Crippen molar-refractivity contribution in [1.29, 1.82) is 0 Å². The molecule has 3 aliphatic carbocycles.